The molecule has 0 aromatic heterocycles. The van der Waals surface area contributed by atoms with Crippen LogP contribution in [0.3, 0.4) is 0 Å². The number of rotatable bonds is 5. The normalized spacial score (nSPS) is 27.7. The molecule has 2 N–H and O–H groups in total. The van der Waals surface area contributed by atoms with E-state index in [1.165, 1.54) is 16.7 Å². The summed E-state index contributed by atoms with van der Waals surface area (Å²) < 4.78 is 5.05. The average Bonchev–Trinajstić information content (AvgIpc) is 3.07. The highest BCUT2D eigenvalue weighted by Gasteiger charge is 2.70. The number of carbonyl (C=O) groups is 2. The lowest BCUT2D eigenvalue weighted by atomic mass is 9.87. The number of hydrogen-bond donors (Lipinski definition) is 2. The molecule has 1 saturated heterocycles. The maximum atomic E-state index is 13.5. The largest absolute Gasteiger partial charge is 0.466 e. The summed E-state index contributed by atoms with van der Waals surface area (Å²) >= 11 is 1.23. The molecule has 2 aromatic rings. The zero-order valence-corrected chi connectivity index (χ0v) is 17.1. The second kappa shape index (κ2) is 7.16. The Labute approximate surface area is 173 Å². The van der Waals surface area contributed by atoms with Crippen LogP contribution in [0.2, 0.25) is 0 Å². The van der Waals surface area contributed by atoms with E-state index < -0.39 is 34.9 Å². The molecule has 29 heavy (non-hydrogen) atoms. The molecule has 1 amide bonds. The van der Waals surface area contributed by atoms with Crippen LogP contribution in [0.4, 0.5) is 0 Å². The van der Waals surface area contributed by atoms with Crippen molar-refractivity contribution in [1.29, 1.82) is 0 Å². The van der Waals surface area contributed by atoms with Gasteiger partial charge in [-0.25, -0.2) is 0 Å². The molecule has 4 rings (SSSR count). The van der Waals surface area contributed by atoms with E-state index in [9.17, 15) is 19.8 Å². The molecule has 0 bridgehead atoms. The van der Waals surface area contributed by atoms with Crippen molar-refractivity contribution >= 4 is 23.6 Å². The highest BCUT2D eigenvalue weighted by Crippen LogP contribution is 2.59. The van der Waals surface area contributed by atoms with Crippen LogP contribution in [0.15, 0.2) is 53.4 Å². The summed E-state index contributed by atoms with van der Waals surface area (Å²) in [5.74, 6) is -1.21. The van der Waals surface area contributed by atoms with E-state index in [-0.39, 0.29) is 13.2 Å². The lowest BCUT2D eigenvalue weighted by Crippen LogP contribution is -2.52. The zero-order valence-electron chi connectivity index (χ0n) is 16.3. The van der Waals surface area contributed by atoms with Gasteiger partial charge in [0.2, 0.25) is 0 Å². The average molecular weight is 413 g/mol. The fourth-order valence-corrected chi connectivity index (χ4v) is 5.70. The molecule has 0 radical (unpaired) electrons. The van der Waals surface area contributed by atoms with E-state index in [1.54, 1.807) is 13.0 Å². The molecule has 6 nitrogen and oxygen atoms in total. The molecule has 2 aromatic carbocycles. The third-order valence-electron chi connectivity index (χ3n) is 5.52. The summed E-state index contributed by atoms with van der Waals surface area (Å²) in [7, 11) is 0. The summed E-state index contributed by atoms with van der Waals surface area (Å²) in [4.78, 5) is 27.8. The van der Waals surface area contributed by atoms with Crippen LogP contribution in [-0.4, -0.2) is 44.6 Å². The third kappa shape index (κ3) is 3.04. The summed E-state index contributed by atoms with van der Waals surface area (Å²) in [6.07, 6.45) is -0.410. The molecule has 0 saturated carbocycles. The Hall–Kier alpha value is -2.35. The number of esters is 1. The number of aliphatic hydroxyl groups is 2. The van der Waals surface area contributed by atoms with Gasteiger partial charge >= 0.3 is 5.97 Å². The monoisotopic (exact) mass is 413 g/mol. The number of hydrogen-bond acceptors (Lipinski definition) is 6. The first-order valence-corrected chi connectivity index (χ1v) is 10.4. The van der Waals surface area contributed by atoms with Crippen molar-refractivity contribution < 1.29 is 24.5 Å². The fraction of sp³-hybridized carbons (Fsp3) is 0.364. The molecule has 0 aliphatic carbocycles. The number of aryl methyl sites for hydroxylation is 1. The van der Waals surface area contributed by atoms with Gasteiger partial charge in [0.15, 0.2) is 11.3 Å². The van der Waals surface area contributed by atoms with Crippen molar-refractivity contribution in [2.45, 2.75) is 48.3 Å². The number of thioether (sulfide) groups is 1. The van der Waals surface area contributed by atoms with Gasteiger partial charge < -0.3 is 19.8 Å². The van der Waals surface area contributed by atoms with Crippen molar-refractivity contribution in [3.63, 3.8) is 0 Å². The van der Waals surface area contributed by atoms with Crippen molar-refractivity contribution in [2.24, 2.45) is 0 Å². The molecule has 2 aliphatic rings. The highest BCUT2D eigenvalue weighted by molar-refractivity contribution is 8.00. The first-order valence-electron chi connectivity index (χ1n) is 9.55. The van der Waals surface area contributed by atoms with Gasteiger partial charge in [-0.2, -0.15) is 0 Å². The summed E-state index contributed by atoms with van der Waals surface area (Å²) in [6.45, 7) is 3.82. The molecule has 0 unspecified atom stereocenters. The van der Waals surface area contributed by atoms with E-state index in [1.807, 2.05) is 49.4 Å². The minimum atomic E-state index is -1.90. The summed E-state index contributed by atoms with van der Waals surface area (Å²) in [5, 5.41) is 22.3. The van der Waals surface area contributed by atoms with E-state index in [0.29, 0.717) is 5.56 Å². The van der Waals surface area contributed by atoms with Crippen molar-refractivity contribution in [2.75, 3.05) is 6.61 Å². The lowest BCUT2D eigenvalue weighted by Gasteiger charge is -2.35. The van der Waals surface area contributed by atoms with E-state index in [2.05, 4.69) is 0 Å². The minimum absolute atomic E-state index is 0.0795. The van der Waals surface area contributed by atoms with Gasteiger partial charge in [0.05, 0.1) is 13.0 Å². The number of benzene rings is 2. The van der Waals surface area contributed by atoms with Crippen LogP contribution >= 0.6 is 11.8 Å². The lowest BCUT2D eigenvalue weighted by molar-refractivity contribution is -0.163. The minimum Gasteiger partial charge on any atom is -0.466 e. The predicted molar refractivity (Wildman–Crippen MR) is 108 cm³/mol. The second-order valence-corrected chi connectivity index (χ2v) is 8.65. The zero-order chi connectivity index (χ0) is 20.8. The topological polar surface area (TPSA) is 87.1 Å². The van der Waals surface area contributed by atoms with Gasteiger partial charge in [0.1, 0.15) is 5.25 Å². The number of likely N-dealkylation sites (tertiary alicyclic amines) is 1. The smallest absolute Gasteiger partial charge is 0.310 e. The Morgan fingerprint density at radius 2 is 1.93 bits per heavy atom. The first kappa shape index (κ1) is 19.9. The van der Waals surface area contributed by atoms with Gasteiger partial charge in [-0.05, 0) is 25.5 Å². The number of nitrogens with zero attached hydrogens (tertiary/aromatic N) is 1. The van der Waals surface area contributed by atoms with Crippen LogP contribution in [0.1, 0.15) is 30.0 Å². The molecule has 2 heterocycles. The van der Waals surface area contributed by atoms with Crippen LogP contribution in [0.25, 0.3) is 0 Å². The van der Waals surface area contributed by atoms with Crippen molar-refractivity contribution in [3.05, 3.63) is 65.2 Å². The number of ether oxygens (including phenoxy) is 1. The van der Waals surface area contributed by atoms with Gasteiger partial charge in [-0.1, -0.05) is 48.0 Å². The maximum absolute atomic E-state index is 13.5. The van der Waals surface area contributed by atoms with Gasteiger partial charge in [-0.3, -0.25) is 9.59 Å². The Morgan fingerprint density at radius 1 is 1.21 bits per heavy atom. The molecule has 2 aliphatic heterocycles. The van der Waals surface area contributed by atoms with Gasteiger partial charge in [0.25, 0.3) is 5.91 Å². The van der Waals surface area contributed by atoms with Crippen molar-refractivity contribution in [3.8, 4) is 0 Å². The van der Waals surface area contributed by atoms with E-state index >= 15 is 0 Å². The molecule has 0 spiro atoms. The van der Waals surface area contributed by atoms with Crippen LogP contribution in [-0.2, 0) is 26.5 Å². The number of fused-ring (bicyclic) bond motifs is 3. The molecular formula is C22H23NO5S. The quantitative estimate of drug-likeness (QED) is 0.732. The van der Waals surface area contributed by atoms with Crippen LogP contribution in [0, 0.1) is 6.92 Å². The maximum Gasteiger partial charge on any atom is 0.310 e. The van der Waals surface area contributed by atoms with E-state index in [4.69, 9.17) is 4.74 Å². The van der Waals surface area contributed by atoms with Crippen molar-refractivity contribution in [1.82, 2.24) is 4.90 Å². The summed E-state index contributed by atoms with van der Waals surface area (Å²) in [5.41, 5.74) is -1.61. The first-order chi connectivity index (χ1) is 13.8. The van der Waals surface area contributed by atoms with Gasteiger partial charge in [-0.15, -0.1) is 11.8 Å². The predicted octanol–water partition coefficient (Wildman–Crippen LogP) is 2.34. The standard InChI is InChI=1S/C22H23NO5S/c1-3-28-18(24)12-21(26)19-22(27,16-11-14(2)9-10-17(16)29-19)20(25)23(21)13-15-7-5-4-6-8-15/h4-11,19,26-27H,3,12-13H2,1-2H3/t19-,21+,22+/m1/s1. The second-order valence-electron chi connectivity index (χ2n) is 7.50. The Kier molecular flexibility index (Phi) is 4.93. The Bertz CT molecular complexity index is 965. The van der Waals surface area contributed by atoms with Gasteiger partial charge in [0, 0.05) is 17.0 Å². The molecule has 3 atom stereocenters. The van der Waals surface area contributed by atoms with Crippen LogP contribution < -0.4 is 0 Å². The molecule has 152 valence electrons. The molecular weight excluding hydrogens is 390 g/mol. The van der Waals surface area contributed by atoms with E-state index in [0.717, 1.165) is 16.0 Å². The number of amides is 1. The molecule has 7 heteroatoms. The summed E-state index contributed by atoms with van der Waals surface area (Å²) in [6, 6.07) is 14.7. The molecule has 1 fully saturated rings. The SMILES string of the molecule is CCOC(=O)C[C@]1(O)[C@H]2Sc3ccc(C)cc3[C@@]2(O)C(=O)N1Cc1ccccc1. The third-order valence-corrected chi connectivity index (χ3v) is 7.09. The fourth-order valence-electron chi connectivity index (χ4n) is 4.16. The number of carbonyl (C=O) groups excluding carboxylic acids is 2. The Balaban J connectivity index is 1.80. The van der Waals surface area contributed by atoms with Crippen LogP contribution in [0.5, 0.6) is 0 Å². The highest BCUT2D eigenvalue weighted by atomic mass is 32.2. The Morgan fingerprint density at radius 3 is 2.62 bits per heavy atom.